The lowest BCUT2D eigenvalue weighted by Crippen LogP contribution is -2.35. The Hall–Kier alpha value is 0.0700. The molecule has 0 spiro atoms. The maximum absolute atomic E-state index is 13.8. The smallest absolute Gasteiger partial charge is 0.128 e. The summed E-state index contributed by atoms with van der Waals surface area (Å²) >= 11 is 6.80. The summed E-state index contributed by atoms with van der Waals surface area (Å²) in [6, 6.07) is 5.35. The van der Waals surface area contributed by atoms with Gasteiger partial charge in [-0.2, -0.15) is 0 Å². The number of nitrogens with zero attached hydrogens (tertiary/aromatic N) is 1. The Kier molecular flexibility index (Phi) is 5.64. The number of likely N-dealkylation sites (tertiary alicyclic amines) is 1. The van der Waals surface area contributed by atoms with Gasteiger partial charge in [0.1, 0.15) is 5.82 Å². The summed E-state index contributed by atoms with van der Waals surface area (Å²) < 4.78 is 14.6. The summed E-state index contributed by atoms with van der Waals surface area (Å²) in [6.07, 6.45) is 3.76. The first-order valence-corrected chi connectivity index (χ1v) is 8.32. The van der Waals surface area contributed by atoms with Crippen LogP contribution in [-0.4, -0.2) is 23.3 Å². The van der Waals surface area contributed by atoms with Crippen molar-refractivity contribution < 1.29 is 4.39 Å². The van der Waals surface area contributed by atoms with Crippen LogP contribution in [0.25, 0.3) is 0 Å². The second-order valence-electron chi connectivity index (χ2n) is 4.96. The van der Waals surface area contributed by atoms with Crippen molar-refractivity contribution in [1.29, 1.82) is 0 Å². The van der Waals surface area contributed by atoms with E-state index in [0.717, 1.165) is 40.9 Å². The van der Waals surface area contributed by atoms with E-state index in [-0.39, 0.29) is 5.82 Å². The van der Waals surface area contributed by atoms with Gasteiger partial charge in [-0.1, -0.05) is 37.9 Å². The van der Waals surface area contributed by atoms with Gasteiger partial charge >= 0.3 is 0 Å². The van der Waals surface area contributed by atoms with E-state index in [1.165, 1.54) is 19.3 Å². The van der Waals surface area contributed by atoms with Crippen LogP contribution in [-0.2, 0) is 6.54 Å². The second-order valence-corrected chi connectivity index (χ2v) is 6.67. The van der Waals surface area contributed by atoms with Crippen molar-refractivity contribution >= 4 is 31.9 Å². The lowest BCUT2D eigenvalue weighted by molar-refractivity contribution is 0.164. The zero-order valence-electron chi connectivity index (χ0n) is 10.3. The highest BCUT2D eigenvalue weighted by Crippen LogP contribution is 2.23. The van der Waals surface area contributed by atoms with E-state index in [1.807, 2.05) is 12.1 Å². The molecule has 100 valence electrons. The van der Waals surface area contributed by atoms with Crippen molar-refractivity contribution in [1.82, 2.24) is 4.90 Å². The molecule has 0 aromatic heterocycles. The molecular weight excluding hydrogens is 361 g/mol. The summed E-state index contributed by atoms with van der Waals surface area (Å²) in [5, 5.41) is 1.07. The molecule has 0 saturated carbocycles. The maximum Gasteiger partial charge on any atom is 0.128 e. The van der Waals surface area contributed by atoms with E-state index in [9.17, 15) is 4.39 Å². The molecule has 1 aromatic carbocycles. The zero-order chi connectivity index (χ0) is 13.0. The Morgan fingerprint density at radius 1 is 1.39 bits per heavy atom. The molecule has 1 heterocycles. The standard InChI is InChI=1S/C14H18Br2FN/c15-6-5-11-2-1-7-18(9-11)10-12-3-4-13(16)8-14(12)17/h3-4,8,11H,1-2,5-7,9-10H2. The molecule has 1 aromatic rings. The van der Waals surface area contributed by atoms with Gasteiger partial charge in [-0.3, -0.25) is 4.90 Å². The van der Waals surface area contributed by atoms with E-state index in [2.05, 4.69) is 36.8 Å². The number of hydrogen-bond acceptors (Lipinski definition) is 1. The van der Waals surface area contributed by atoms with Gasteiger partial charge in [0.15, 0.2) is 0 Å². The van der Waals surface area contributed by atoms with E-state index < -0.39 is 0 Å². The van der Waals surface area contributed by atoms with Crippen LogP contribution in [0.2, 0.25) is 0 Å². The van der Waals surface area contributed by atoms with Crippen molar-refractivity contribution in [2.45, 2.75) is 25.8 Å². The van der Waals surface area contributed by atoms with Gasteiger partial charge in [-0.05, 0) is 43.9 Å². The number of alkyl halides is 1. The lowest BCUT2D eigenvalue weighted by Gasteiger charge is -2.32. The first kappa shape index (κ1) is 14.5. The third-order valence-electron chi connectivity index (χ3n) is 3.53. The third-order valence-corrected chi connectivity index (χ3v) is 4.48. The highest BCUT2D eigenvalue weighted by atomic mass is 79.9. The Morgan fingerprint density at radius 2 is 2.22 bits per heavy atom. The molecule has 0 N–H and O–H groups in total. The van der Waals surface area contributed by atoms with Gasteiger partial charge in [0, 0.05) is 28.5 Å². The monoisotopic (exact) mass is 377 g/mol. The second kappa shape index (κ2) is 7.01. The molecule has 2 rings (SSSR count). The van der Waals surface area contributed by atoms with Gasteiger partial charge in [0.05, 0.1) is 0 Å². The minimum Gasteiger partial charge on any atom is -0.299 e. The third kappa shape index (κ3) is 4.04. The highest BCUT2D eigenvalue weighted by molar-refractivity contribution is 9.10. The molecule has 4 heteroatoms. The Morgan fingerprint density at radius 3 is 2.94 bits per heavy atom. The first-order chi connectivity index (χ1) is 8.69. The molecular formula is C14H18Br2FN. The normalized spacial score (nSPS) is 21.2. The van der Waals surface area contributed by atoms with Crippen molar-refractivity contribution in [3.63, 3.8) is 0 Å². The molecule has 0 radical (unpaired) electrons. The van der Waals surface area contributed by atoms with Gasteiger partial charge in [0.2, 0.25) is 0 Å². The number of rotatable bonds is 4. The van der Waals surface area contributed by atoms with Crippen molar-refractivity contribution in [3.8, 4) is 0 Å². The minimum absolute atomic E-state index is 0.105. The Bertz CT molecular complexity index is 395. The zero-order valence-corrected chi connectivity index (χ0v) is 13.5. The number of benzene rings is 1. The topological polar surface area (TPSA) is 3.24 Å². The molecule has 1 unspecified atom stereocenters. The molecule has 0 aliphatic carbocycles. The van der Waals surface area contributed by atoms with Gasteiger partial charge < -0.3 is 0 Å². The molecule has 1 aliphatic heterocycles. The van der Waals surface area contributed by atoms with Crippen molar-refractivity contribution in [2.75, 3.05) is 18.4 Å². The van der Waals surface area contributed by atoms with Gasteiger partial charge in [-0.25, -0.2) is 4.39 Å². The minimum atomic E-state index is -0.105. The van der Waals surface area contributed by atoms with Gasteiger partial charge in [0.25, 0.3) is 0 Å². The molecule has 1 saturated heterocycles. The van der Waals surface area contributed by atoms with Crippen molar-refractivity contribution in [2.24, 2.45) is 5.92 Å². The van der Waals surface area contributed by atoms with Gasteiger partial charge in [-0.15, -0.1) is 0 Å². The van der Waals surface area contributed by atoms with E-state index in [1.54, 1.807) is 6.07 Å². The quantitative estimate of drug-likeness (QED) is 0.693. The lowest BCUT2D eigenvalue weighted by atomic mass is 9.95. The Labute approximate surface area is 125 Å². The predicted octanol–water partition coefficient (Wildman–Crippen LogP) is 4.59. The molecule has 1 fully saturated rings. The summed E-state index contributed by atoms with van der Waals surface area (Å²) in [7, 11) is 0. The summed E-state index contributed by atoms with van der Waals surface area (Å²) in [5.74, 6) is 0.656. The van der Waals surface area contributed by atoms with Crippen LogP contribution in [0.15, 0.2) is 22.7 Å². The predicted molar refractivity (Wildman–Crippen MR) is 80.5 cm³/mol. The van der Waals surface area contributed by atoms with Crippen LogP contribution < -0.4 is 0 Å². The summed E-state index contributed by atoms with van der Waals surface area (Å²) in [6.45, 7) is 2.92. The molecule has 0 amide bonds. The average molecular weight is 379 g/mol. The first-order valence-electron chi connectivity index (χ1n) is 6.41. The fourth-order valence-corrected chi connectivity index (χ4v) is 3.56. The summed E-state index contributed by atoms with van der Waals surface area (Å²) in [4.78, 5) is 2.38. The fraction of sp³-hybridized carbons (Fsp3) is 0.571. The van der Waals surface area contributed by atoms with Crippen LogP contribution in [0, 0.1) is 11.7 Å². The molecule has 18 heavy (non-hydrogen) atoms. The molecule has 1 nitrogen and oxygen atoms in total. The molecule has 0 bridgehead atoms. The fourth-order valence-electron chi connectivity index (χ4n) is 2.58. The Balaban J connectivity index is 1.96. The van der Waals surface area contributed by atoms with Crippen LogP contribution >= 0.6 is 31.9 Å². The van der Waals surface area contributed by atoms with Crippen LogP contribution in [0.1, 0.15) is 24.8 Å². The van der Waals surface area contributed by atoms with Crippen LogP contribution in [0.5, 0.6) is 0 Å². The van der Waals surface area contributed by atoms with Crippen LogP contribution in [0.3, 0.4) is 0 Å². The highest BCUT2D eigenvalue weighted by Gasteiger charge is 2.20. The largest absolute Gasteiger partial charge is 0.299 e. The molecule has 1 aliphatic rings. The number of hydrogen-bond donors (Lipinski definition) is 0. The average Bonchev–Trinajstić information content (AvgIpc) is 2.34. The molecule has 1 atom stereocenters. The van der Waals surface area contributed by atoms with Crippen molar-refractivity contribution in [3.05, 3.63) is 34.1 Å². The SMILES string of the molecule is Fc1cc(Br)ccc1CN1CCCC(CCBr)C1. The number of piperidine rings is 1. The van der Waals surface area contributed by atoms with E-state index in [4.69, 9.17) is 0 Å². The number of halogens is 3. The van der Waals surface area contributed by atoms with E-state index >= 15 is 0 Å². The van der Waals surface area contributed by atoms with Crippen LogP contribution in [0.4, 0.5) is 4.39 Å². The summed E-state index contributed by atoms with van der Waals surface area (Å²) in [5.41, 5.74) is 0.803. The van der Waals surface area contributed by atoms with E-state index in [0.29, 0.717) is 0 Å². The maximum atomic E-state index is 13.8.